The van der Waals surface area contributed by atoms with Crippen LogP contribution in [-0.2, 0) is 0 Å². The average molecular weight is 329 g/mol. The molecule has 128 valence electrons. The number of aromatic nitrogens is 2. The maximum atomic E-state index is 12.6. The van der Waals surface area contributed by atoms with Crippen molar-refractivity contribution in [2.24, 2.45) is 11.3 Å². The Hall–Kier alpha value is -2.37. The first-order valence-electron chi connectivity index (χ1n) is 8.28. The largest absolute Gasteiger partial charge is 0.493 e. The van der Waals surface area contributed by atoms with Crippen LogP contribution in [0.25, 0.3) is 5.65 Å². The zero-order chi connectivity index (χ0) is 17.5. The molecule has 2 atom stereocenters. The van der Waals surface area contributed by atoms with E-state index < -0.39 is 17.3 Å². The van der Waals surface area contributed by atoms with Crippen LogP contribution in [0.2, 0.25) is 0 Å². The van der Waals surface area contributed by atoms with E-state index in [-0.39, 0.29) is 17.0 Å². The zero-order valence-corrected chi connectivity index (χ0v) is 14.2. The Labute approximate surface area is 140 Å². The van der Waals surface area contributed by atoms with Gasteiger partial charge in [0.25, 0.3) is 11.5 Å². The van der Waals surface area contributed by atoms with Crippen LogP contribution in [0, 0.1) is 11.3 Å². The first kappa shape index (κ1) is 16.5. The molecule has 2 heterocycles. The van der Waals surface area contributed by atoms with Crippen molar-refractivity contribution in [2.45, 2.75) is 46.1 Å². The zero-order valence-electron chi connectivity index (χ0n) is 14.2. The summed E-state index contributed by atoms with van der Waals surface area (Å²) in [6.45, 7) is 6.54. The van der Waals surface area contributed by atoms with Gasteiger partial charge in [-0.2, -0.15) is 4.98 Å². The first-order chi connectivity index (χ1) is 11.3. The highest BCUT2D eigenvalue weighted by Gasteiger charge is 2.33. The Bertz CT molecular complexity index is 841. The Balaban J connectivity index is 1.91. The van der Waals surface area contributed by atoms with Crippen LogP contribution >= 0.6 is 0 Å². The molecule has 1 aliphatic carbocycles. The van der Waals surface area contributed by atoms with Gasteiger partial charge >= 0.3 is 0 Å². The summed E-state index contributed by atoms with van der Waals surface area (Å²) < 4.78 is 1.27. The van der Waals surface area contributed by atoms with Crippen molar-refractivity contribution in [3.8, 4) is 5.88 Å². The van der Waals surface area contributed by atoms with Gasteiger partial charge in [0.1, 0.15) is 5.65 Å². The highest BCUT2D eigenvalue weighted by Crippen LogP contribution is 2.38. The molecule has 6 heteroatoms. The lowest BCUT2D eigenvalue weighted by molar-refractivity contribution is 0.0869. The SMILES string of the molecule is C[C@H]1C[C@H](NC(=O)c2c(O)nc3ccccn3c2=O)CC(C)(C)C1. The molecule has 0 unspecified atom stereocenters. The number of aromatic hydroxyl groups is 1. The summed E-state index contributed by atoms with van der Waals surface area (Å²) in [6, 6.07) is 4.99. The summed E-state index contributed by atoms with van der Waals surface area (Å²) in [5, 5.41) is 13.0. The van der Waals surface area contributed by atoms with Crippen molar-refractivity contribution in [3.05, 3.63) is 40.3 Å². The second kappa shape index (κ2) is 5.92. The fraction of sp³-hybridized carbons (Fsp3) is 0.500. The van der Waals surface area contributed by atoms with Crippen LogP contribution in [0.3, 0.4) is 0 Å². The van der Waals surface area contributed by atoms with E-state index in [1.54, 1.807) is 18.2 Å². The van der Waals surface area contributed by atoms with Crippen molar-refractivity contribution in [3.63, 3.8) is 0 Å². The monoisotopic (exact) mass is 329 g/mol. The van der Waals surface area contributed by atoms with Crippen LogP contribution < -0.4 is 10.9 Å². The van der Waals surface area contributed by atoms with E-state index in [1.807, 2.05) is 0 Å². The summed E-state index contributed by atoms with van der Waals surface area (Å²) in [6.07, 6.45) is 4.38. The lowest BCUT2D eigenvalue weighted by Crippen LogP contribution is -2.44. The average Bonchev–Trinajstić information content (AvgIpc) is 2.44. The molecule has 0 radical (unpaired) electrons. The minimum atomic E-state index is -0.557. The molecule has 0 saturated heterocycles. The van der Waals surface area contributed by atoms with Crippen molar-refractivity contribution >= 4 is 11.6 Å². The summed E-state index contributed by atoms with van der Waals surface area (Å²) in [4.78, 5) is 29.1. The summed E-state index contributed by atoms with van der Waals surface area (Å²) in [5.74, 6) is -0.576. The van der Waals surface area contributed by atoms with Gasteiger partial charge in [-0.3, -0.25) is 14.0 Å². The van der Waals surface area contributed by atoms with Crippen molar-refractivity contribution in [1.82, 2.24) is 14.7 Å². The van der Waals surface area contributed by atoms with Crippen LogP contribution in [0.1, 0.15) is 50.4 Å². The third-order valence-electron chi connectivity index (χ3n) is 4.66. The van der Waals surface area contributed by atoms with Gasteiger partial charge < -0.3 is 10.4 Å². The fourth-order valence-corrected chi connectivity index (χ4v) is 3.99. The van der Waals surface area contributed by atoms with Gasteiger partial charge in [0, 0.05) is 12.2 Å². The molecule has 24 heavy (non-hydrogen) atoms. The van der Waals surface area contributed by atoms with Gasteiger partial charge in [-0.1, -0.05) is 26.8 Å². The maximum Gasteiger partial charge on any atom is 0.274 e. The van der Waals surface area contributed by atoms with E-state index in [0.29, 0.717) is 11.6 Å². The van der Waals surface area contributed by atoms with E-state index in [2.05, 4.69) is 31.1 Å². The van der Waals surface area contributed by atoms with Gasteiger partial charge in [0.05, 0.1) is 0 Å². The molecule has 1 saturated carbocycles. The molecule has 3 rings (SSSR count). The van der Waals surface area contributed by atoms with Crippen LogP contribution in [0.15, 0.2) is 29.2 Å². The van der Waals surface area contributed by atoms with Crippen molar-refractivity contribution in [2.75, 3.05) is 0 Å². The molecule has 6 nitrogen and oxygen atoms in total. The number of nitrogens with one attached hydrogen (secondary N) is 1. The van der Waals surface area contributed by atoms with Gasteiger partial charge in [0.15, 0.2) is 5.56 Å². The molecule has 1 fully saturated rings. The molecule has 1 aliphatic rings. The number of hydrogen-bond donors (Lipinski definition) is 2. The molecule has 0 aliphatic heterocycles. The van der Waals surface area contributed by atoms with Crippen LogP contribution in [0.4, 0.5) is 0 Å². The Morgan fingerprint density at radius 1 is 1.38 bits per heavy atom. The number of nitrogens with zero attached hydrogens (tertiary/aromatic N) is 2. The van der Waals surface area contributed by atoms with Crippen LogP contribution in [0.5, 0.6) is 5.88 Å². The second-order valence-electron chi connectivity index (χ2n) is 7.63. The predicted octanol–water partition coefficient (Wildman–Crippen LogP) is 2.34. The molecular weight excluding hydrogens is 306 g/mol. The summed E-state index contributed by atoms with van der Waals surface area (Å²) >= 11 is 0. The van der Waals surface area contributed by atoms with Crippen molar-refractivity contribution in [1.29, 1.82) is 0 Å². The molecule has 0 aromatic carbocycles. The quantitative estimate of drug-likeness (QED) is 0.886. The highest BCUT2D eigenvalue weighted by molar-refractivity contribution is 5.96. The summed E-state index contributed by atoms with van der Waals surface area (Å²) in [7, 11) is 0. The Morgan fingerprint density at radius 3 is 2.83 bits per heavy atom. The Morgan fingerprint density at radius 2 is 2.12 bits per heavy atom. The van der Waals surface area contributed by atoms with Gasteiger partial charge in [-0.25, -0.2) is 0 Å². The number of hydrogen-bond acceptors (Lipinski definition) is 4. The Kier molecular flexibility index (Phi) is 4.07. The molecular formula is C18H23N3O3. The molecule has 2 aromatic rings. The fourth-order valence-electron chi connectivity index (χ4n) is 3.99. The smallest absolute Gasteiger partial charge is 0.274 e. The molecule has 2 N–H and O–H groups in total. The minimum Gasteiger partial charge on any atom is -0.493 e. The molecule has 0 bridgehead atoms. The maximum absolute atomic E-state index is 12.6. The van der Waals surface area contributed by atoms with Crippen molar-refractivity contribution < 1.29 is 9.90 Å². The number of amides is 1. The third kappa shape index (κ3) is 3.13. The number of carbonyl (C=O) groups excluding carboxylic acids is 1. The minimum absolute atomic E-state index is 0.00785. The number of rotatable bonds is 2. The van der Waals surface area contributed by atoms with Gasteiger partial charge in [0.2, 0.25) is 5.88 Å². The van der Waals surface area contributed by atoms with E-state index in [1.165, 1.54) is 10.6 Å². The van der Waals surface area contributed by atoms with Gasteiger partial charge in [-0.15, -0.1) is 0 Å². The van der Waals surface area contributed by atoms with E-state index in [9.17, 15) is 14.7 Å². The van der Waals surface area contributed by atoms with E-state index in [4.69, 9.17) is 0 Å². The molecule has 2 aromatic heterocycles. The number of fused-ring (bicyclic) bond motifs is 1. The number of carbonyl (C=O) groups is 1. The highest BCUT2D eigenvalue weighted by atomic mass is 16.3. The topological polar surface area (TPSA) is 83.7 Å². The molecule has 0 spiro atoms. The van der Waals surface area contributed by atoms with Gasteiger partial charge in [-0.05, 0) is 42.7 Å². The normalized spacial score (nSPS) is 23.1. The number of pyridine rings is 1. The third-order valence-corrected chi connectivity index (χ3v) is 4.66. The lowest BCUT2D eigenvalue weighted by Gasteiger charge is -2.39. The predicted molar refractivity (Wildman–Crippen MR) is 91.2 cm³/mol. The first-order valence-corrected chi connectivity index (χ1v) is 8.28. The lowest BCUT2D eigenvalue weighted by atomic mass is 9.70. The van der Waals surface area contributed by atoms with E-state index >= 15 is 0 Å². The summed E-state index contributed by atoms with van der Waals surface area (Å²) in [5.41, 5.74) is -0.397. The standard InChI is InChI=1S/C18H23N3O3/c1-11-8-12(10-18(2,3)9-11)19-15(22)14-16(23)20-13-6-4-5-7-21(13)17(14)24/h4-7,11-12,23H,8-10H2,1-3H3,(H,19,22)/t11-,12-/m0/s1. The van der Waals surface area contributed by atoms with Crippen LogP contribution in [-0.4, -0.2) is 26.4 Å². The molecule has 1 amide bonds. The second-order valence-corrected chi connectivity index (χ2v) is 7.63. The van der Waals surface area contributed by atoms with E-state index in [0.717, 1.165) is 19.3 Å².